The van der Waals surface area contributed by atoms with Crippen LogP contribution in [0, 0.1) is 5.92 Å². The average Bonchev–Trinajstić information content (AvgIpc) is 2.46. The summed E-state index contributed by atoms with van der Waals surface area (Å²) in [6.45, 7) is 0. The fraction of sp³-hybridized carbons (Fsp3) is 1.00. The first-order valence-electron chi connectivity index (χ1n) is 7.12. The highest BCUT2D eigenvalue weighted by atomic mass is 32.2. The second kappa shape index (κ2) is 4.18. The number of nitrogens with two attached hydrogens (primary N) is 1. The fourth-order valence-electron chi connectivity index (χ4n) is 3.89. The SMILES string of the molecule is NC(CC1CCC1)C1(O)CC2CCC(C1)S2(=O)=O. The van der Waals surface area contributed by atoms with E-state index >= 15 is 0 Å². The molecule has 18 heavy (non-hydrogen) atoms. The summed E-state index contributed by atoms with van der Waals surface area (Å²) in [6, 6.07) is -0.249. The normalized spacial score (nSPS) is 44.6. The number of hydrogen-bond acceptors (Lipinski definition) is 4. The lowest BCUT2D eigenvalue weighted by atomic mass is 9.75. The van der Waals surface area contributed by atoms with Gasteiger partial charge in [0.25, 0.3) is 0 Å². The lowest BCUT2D eigenvalue weighted by molar-refractivity contribution is -0.0136. The molecule has 2 bridgehead atoms. The van der Waals surface area contributed by atoms with Crippen LogP contribution in [0.5, 0.6) is 0 Å². The quantitative estimate of drug-likeness (QED) is 0.803. The van der Waals surface area contributed by atoms with Crippen molar-refractivity contribution in [2.75, 3.05) is 0 Å². The van der Waals surface area contributed by atoms with Gasteiger partial charge in [-0.3, -0.25) is 0 Å². The van der Waals surface area contributed by atoms with E-state index in [1.807, 2.05) is 0 Å². The van der Waals surface area contributed by atoms with Gasteiger partial charge in [-0.05, 0) is 38.0 Å². The Bertz CT molecular complexity index is 410. The van der Waals surface area contributed by atoms with E-state index in [9.17, 15) is 13.5 Å². The maximum atomic E-state index is 12.0. The molecule has 0 amide bonds. The molecule has 0 aromatic heterocycles. The zero-order chi connectivity index (χ0) is 13.0. The van der Waals surface area contributed by atoms with Crippen LogP contribution in [-0.4, -0.2) is 35.7 Å². The fourth-order valence-corrected chi connectivity index (χ4v) is 6.41. The molecule has 3 fully saturated rings. The summed E-state index contributed by atoms with van der Waals surface area (Å²) >= 11 is 0. The predicted octanol–water partition coefficient (Wildman–Crippen LogP) is 0.975. The Morgan fingerprint density at radius 1 is 1.17 bits per heavy atom. The van der Waals surface area contributed by atoms with Crippen molar-refractivity contribution in [1.82, 2.24) is 0 Å². The third kappa shape index (κ3) is 1.91. The van der Waals surface area contributed by atoms with Crippen LogP contribution in [0.15, 0.2) is 0 Å². The monoisotopic (exact) mass is 273 g/mol. The third-order valence-electron chi connectivity index (χ3n) is 5.40. The van der Waals surface area contributed by atoms with Crippen molar-refractivity contribution in [3.05, 3.63) is 0 Å². The van der Waals surface area contributed by atoms with Crippen LogP contribution >= 0.6 is 0 Å². The molecule has 3 N–H and O–H groups in total. The molecule has 0 spiro atoms. The van der Waals surface area contributed by atoms with Crippen molar-refractivity contribution < 1.29 is 13.5 Å². The number of rotatable bonds is 3. The highest BCUT2D eigenvalue weighted by Crippen LogP contribution is 2.45. The molecular weight excluding hydrogens is 250 g/mol. The Morgan fingerprint density at radius 2 is 1.72 bits per heavy atom. The Kier molecular flexibility index (Phi) is 2.99. The van der Waals surface area contributed by atoms with Crippen molar-refractivity contribution in [3.63, 3.8) is 0 Å². The molecule has 3 atom stereocenters. The number of aliphatic hydroxyl groups is 1. The largest absolute Gasteiger partial charge is 0.388 e. The lowest BCUT2D eigenvalue weighted by Crippen LogP contribution is -2.56. The standard InChI is InChI=1S/C13H23NO3S/c14-12(6-9-2-1-3-9)13(15)7-10-4-5-11(8-13)18(10,16)17/h9-12,15H,1-8,14H2. The van der Waals surface area contributed by atoms with Crippen LogP contribution < -0.4 is 5.73 Å². The molecule has 2 aliphatic heterocycles. The zero-order valence-electron chi connectivity index (χ0n) is 10.7. The summed E-state index contributed by atoms with van der Waals surface area (Å²) in [5.41, 5.74) is 5.25. The van der Waals surface area contributed by atoms with Crippen molar-refractivity contribution in [2.45, 2.75) is 73.5 Å². The van der Waals surface area contributed by atoms with Crippen LogP contribution in [0.4, 0.5) is 0 Å². The van der Waals surface area contributed by atoms with Crippen LogP contribution in [0.2, 0.25) is 0 Å². The Balaban J connectivity index is 1.72. The third-order valence-corrected chi connectivity index (χ3v) is 8.07. The van der Waals surface area contributed by atoms with E-state index in [0.29, 0.717) is 31.6 Å². The van der Waals surface area contributed by atoms with Gasteiger partial charge in [-0.15, -0.1) is 0 Å². The van der Waals surface area contributed by atoms with E-state index in [-0.39, 0.29) is 16.5 Å². The number of fused-ring (bicyclic) bond motifs is 2. The van der Waals surface area contributed by atoms with Crippen LogP contribution in [0.1, 0.15) is 51.4 Å². The second-order valence-electron chi connectivity index (χ2n) is 6.56. The van der Waals surface area contributed by atoms with E-state index in [1.165, 1.54) is 19.3 Å². The summed E-state index contributed by atoms with van der Waals surface area (Å²) in [7, 11) is -2.97. The zero-order valence-corrected chi connectivity index (χ0v) is 11.5. The minimum Gasteiger partial charge on any atom is -0.388 e. The Hall–Kier alpha value is -0.130. The molecule has 3 aliphatic rings. The second-order valence-corrected chi connectivity index (χ2v) is 9.07. The highest BCUT2D eigenvalue weighted by molar-refractivity contribution is 7.93. The van der Waals surface area contributed by atoms with E-state index in [1.54, 1.807) is 0 Å². The van der Waals surface area contributed by atoms with E-state index < -0.39 is 15.4 Å². The molecule has 2 heterocycles. The summed E-state index contributed by atoms with van der Waals surface area (Å²) in [6.07, 6.45) is 6.71. The predicted molar refractivity (Wildman–Crippen MR) is 69.8 cm³/mol. The highest BCUT2D eigenvalue weighted by Gasteiger charge is 2.54. The first-order chi connectivity index (χ1) is 8.42. The van der Waals surface area contributed by atoms with Crippen LogP contribution in [0.3, 0.4) is 0 Å². The van der Waals surface area contributed by atoms with E-state index in [4.69, 9.17) is 5.73 Å². The summed E-state index contributed by atoms with van der Waals surface area (Å²) in [5, 5.41) is 10.1. The molecule has 0 aromatic carbocycles. The van der Waals surface area contributed by atoms with Crippen molar-refractivity contribution in [1.29, 1.82) is 0 Å². The first-order valence-corrected chi connectivity index (χ1v) is 8.73. The summed E-state index contributed by atoms with van der Waals surface area (Å²) in [5.74, 6) is 0.653. The topological polar surface area (TPSA) is 80.4 Å². The Morgan fingerprint density at radius 3 is 2.17 bits per heavy atom. The smallest absolute Gasteiger partial charge is 0.156 e. The van der Waals surface area contributed by atoms with Crippen molar-refractivity contribution in [2.24, 2.45) is 11.7 Å². The van der Waals surface area contributed by atoms with Crippen LogP contribution in [0.25, 0.3) is 0 Å². The van der Waals surface area contributed by atoms with Gasteiger partial charge in [0, 0.05) is 6.04 Å². The lowest BCUT2D eigenvalue weighted by Gasteiger charge is -2.42. The number of sulfone groups is 1. The maximum absolute atomic E-state index is 12.0. The molecule has 3 unspecified atom stereocenters. The summed E-state index contributed by atoms with van der Waals surface area (Å²) in [4.78, 5) is 0. The summed E-state index contributed by atoms with van der Waals surface area (Å²) < 4.78 is 24.0. The van der Waals surface area contributed by atoms with Crippen molar-refractivity contribution in [3.8, 4) is 0 Å². The molecule has 0 radical (unpaired) electrons. The van der Waals surface area contributed by atoms with Gasteiger partial charge in [0.2, 0.25) is 0 Å². The number of hydrogen-bond donors (Lipinski definition) is 2. The minimum absolute atomic E-state index is 0.249. The molecule has 1 saturated carbocycles. The molecule has 104 valence electrons. The minimum atomic E-state index is -2.97. The van der Waals surface area contributed by atoms with Gasteiger partial charge in [-0.2, -0.15) is 0 Å². The molecule has 3 rings (SSSR count). The maximum Gasteiger partial charge on any atom is 0.156 e. The van der Waals surface area contributed by atoms with Gasteiger partial charge in [0.05, 0.1) is 16.1 Å². The molecule has 5 heteroatoms. The average molecular weight is 273 g/mol. The van der Waals surface area contributed by atoms with Gasteiger partial charge in [0.15, 0.2) is 9.84 Å². The van der Waals surface area contributed by atoms with Crippen molar-refractivity contribution >= 4 is 9.84 Å². The molecular formula is C13H23NO3S. The van der Waals surface area contributed by atoms with Gasteiger partial charge in [-0.1, -0.05) is 19.3 Å². The Labute approximate surface area is 109 Å². The van der Waals surface area contributed by atoms with Crippen LogP contribution in [-0.2, 0) is 9.84 Å². The van der Waals surface area contributed by atoms with Gasteiger partial charge in [0.1, 0.15) is 0 Å². The van der Waals surface area contributed by atoms with E-state index in [2.05, 4.69) is 0 Å². The van der Waals surface area contributed by atoms with Gasteiger partial charge < -0.3 is 10.8 Å². The molecule has 0 aromatic rings. The van der Waals surface area contributed by atoms with Gasteiger partial charge >= 0.3 is 0 Å². The van der Waals surface area contributed by atoms with Gasteiger partial charge in [-0.25, -0.2) is 8.42 Å². The molecule has 2 saturated heterocycles. The molecule has 1 aliphatic carbocycles. The van der Waals surface area contributed by atoms with E-state index in [0.717, 1.165) is 6.42 Å². The molecule has 4 nitrogen and oxygen atoms in total. The first kappa shape index (κ1) is 12.9.